The molecule has 638 valence electrons. The molecular weight excluding hydrogens is 1650 g/mol. The molecule has 4 atom stereocenters. The summed E-state index contributed by atoms with van der Waals surface area (Å²) in [5.41, 5.74) is 9.77. The van der Waals surface area contributed by atoms with Crippen LogP contribution in [0.5, 0.6) is 0 Å². The number of ketones is 2. The third-order valence-electron chi connectivity index (χ3n) is 21.1. The Morgan fingerprint density at radius 1 is 0.397 bits per heavy atom. The number of hydrogen-bond donors (Lipinski definition) is 5. The molecule has 0 spiro atoms. The molecule has 32 heteroatoms. The molecule has 0 radical (unpaired) electrons. The van der Waals surface area contributed by atoms with Crippen LogP contribution in [0.2, 0.25) is 25.1 Å². The summed E-state index contributed by atoms with van der Waals surface area (Å²) in [6.45, 7) is 12.5. The molecule has 3 heterocycles. The molecule has 0 bridgehead atoms. The topological polar surface area (TPSA) is 279 Å². The van der Waals surface area contributed by atoms with Gasteiger partial charge in [0.05, 0.1) is 107 Å². The largest absolute Gasteiger partial charge is 0.379 e. The maximum atomic E-state index is 13.4. The number of rotatable bonds is 52. The van der Waals surface area contributed by atoms with Crippen molar-refractivity contribution in [1.82, 2.24) is 39.5 Å². The SMILES string of the molecule is Cc1cc(Cl)c2c(c1)[C@H](c1cccc(S(=O)(=O)NCCOCCOCCCC(=O)CCCC[N+](C)(CCCCC(=O)CCCOCCOCCNS(=O)(=O)c3cccc([C@@H]4CN(C)Cc5c(Cl)cc(Cl)cc54)c3)CCCNC(=O)NCCOCCOCCNS(=O)(=O)c3cccc([C@@H]4CN(C)Cc5c(Cl)cc(Cl)cc54)c3)c1)CN(C)C2. The molecule has 0 saturated carbocycles. The summed E-state index contributed by atoms with van der Waals surface area (Å²) < 4.78 is 123. The number of fused-ring (bicyclic) bond motifs is 3. The van der Waals surface area contributed by atoms with E-state index in [1.165, 1.54) is 0 Å². The van der Waals surface area contributed by atoms with Crippen LogP contribution in [-0.4, -0.2) is 241 Å². The zero-order valence-electron chi connectivity index (χ0n) is 67.3. The number of benzene rings is 6. The minimum atomic E-state index is -3.84. The predicted octanol–water partition coefficient (Wildman–Crippen LogP) is 12.5. The molecule has 3 aliphatic rings. The van der Waals surface area contributed by atoms with E-state index in [2.05, 4.69) is 52.6 Å². The number of likely N-dealkylation sites (N-methyl/N-ethyl adjacent to an activating group) is 3. The Hall–Kier alpha value is -5.29. The molecule has 5 N–H and O–H groups in total. The van der Waals surface area contributed by atoms with E-state index in [0.717, 1.165) is 119 Å². The van der Waals surface area contributed by atoms with Crippen molar-refractivity contribution in [3.63, 3.8) is 0 Å². The van der Waals surface area contributed by atoms with Crippen molar-refractivity contribution in [1.29, 1.82) is 0 Å². The second-order valence-corrected chi connectivity index (χ2v) is 38.0. The fraction of sp³-hybridized carbons (Fsp3) is 0.536. The lowest BCUT2D eigenvalue weighted by atomic mass is 9.84. The Morgan fingerprint density at radius 3 is 1.11 bits per heavy atom. The molecule has 1 unspecified atom stereocenters. The van der Waals surface area contributed by atoms with Gasteiger partial charge in [-0.15, -0.1) is 0 Å². The molecule has 0 aliphatic carbocycles. The van der Waals surface area contributed by atoms with Gasteiger partial charge in [0, 0.05) is 160 Å². The van der Waals surface area contributed by atoms with E-state index >= 15 is 0 Å². The van der Waals surface area contributed by atoms with Crippen molar-refractivity contribution in [2.45, 2.75) is 130 Å². The minimum absolute atomic E-state index is 0.0288. The van der Waals surface area contributed by atoms with Crippen molar-refractivity contribution >= 4 is 106 Å². The smallest absolute Gasteiger partial charge is 0.314 e. The van der Waals surface area contributed by atoms with Gasteiger partial charge >= 0.3 is 6.03 Å². The molecule has 6 aromatic carbocycles. The highest BCUT2D eigenvalue weighted by Crippen LogP contribution is 2.42. The summed E-state index contributed by atoms with van der Waals surface area (Å²) in [5, 5.41) is 8.73. The average Bonchev–Trinajstić information content (AvgIpc) is 0.782. The lowest BCUT2D eigenvalue weighted by molar-refractivity contribution is -0.910. The first-order valence-corrected chi connectivity index (χ1v) is 46.3. The molecule has 0 saturated heterocycles. The first-order valence-electron chi connectivity index (χ1n) is 40.0. The van der Waals surface area contributed by atoms with E-state index in [4.69, 9.17) is 86.4 Å². The van der Waals surface area contributed by atoms with Gasteiger partial charge < -0.3 is 58.2 Å². The third kappa shape index (κ3) is 30.1. The molecule has 116 heavy (non-hydrogen) atoms. The minimum Gasteiger partial charge on any atom is -0.379 e. The highest BCUT2D eigenvalue weighted by Gasteiger charge is 2.33. The second-order valence-electron chi connectivity index (χ2n) is 30.6. The number of unbranched alkanes of at least 4 members (excludes halogenated alkanes) is 2. The standard InChI is InChI=1S/C84H114Cl5N9O15S3/c1-61-46-72-75(55-95(2)58-78(72)81(87)47-61)62-16-10-23-69(48-62)114(102,103)92-28-37-111-42-40-108-34-13-21-67(99)19-6-8-31-98(5,32-9-7-20-68(100)22-14-35-109-41-43-112-38-29-93-115(104,105)70-24-11-17-63(49-70)76-56-96(3)59-79-73(76)51-65(85)53-82(79)88)33-15-26-90-84(101)91-27-36-110-44-45-113-39-30-94-116(106,107)71-25-12-18-64(50-71)77-57-97(4)60-80-74(77)52-66(86)54-83(80)89/h10-12,16-18,23-25,46-54,75-77,92-94H,6-9,13-15,19-22,26-45,55-60H2,1-5H3,(H-,90,91,101)/p+1/t75-,76-,77-,98?/m0/s1. The highest BCUT2D eigenvalue weighted by atomic mass is 35.5. The number of nitrogens with one attached hydrogen (secondary N) is 5. The van der Waals surface area contributed by atoms with E-state index in [1.807, 2.05) is 64.5 Å². The number of urea groups is 1. The zero-order valence-corrected chi connectivity index (χ0v) is 73.5. The number of halogens is 5. The van der Waals surface area contributed by atoms with Crippen LogP contribution in [0.3, 0.4) is 0 Å². The number of sulfonamides is 3. The monoisotopic (exact) mass is 1760 g/mol. The lowest BCUT2D eigenvalue weighted by Gasteiger charge is -2.35. The van der Waals surface area contributed by atoms with Crippen LogP contribution in [0, 0.1) is 6.92 Å². The predicted molar refractivity (Wildman–Crippen MR) is 456 cm³/mol. The van der Waals surface area contributed by atoms with Crippen LogP contribution in [-0.2, 0) is 87.7 Å². The van der Waals surface area contributed by atoms with Crippen molar-refractivity contribution in [2.75, 3.05) is 179 Å². The van der Waals surface area contributed by atoms with Crippen LogP contribution in [0.25, 0.3) is 0 Å². The fourth-order valence-corrected chi connectivity index (χ4v) is 19.8. The number of ether oxygens (including phenoxy) is 6. The van der Waals surface area contributed by atoms with Crippen LogP contribution in [0.1, 0.15) is 144 Å². The van der Waals surface area contributed by atoms with Crippen LogP contribution in [0.15, 0.2) is 124 Å². The Kier molecular flexibility index (Phi) is 38.5. The van der Waals surface area contributed by atoms with E-state index in [-0.39, 0.29) is 129 Å². The normalized spacial score (nSPS) is 16.7. The molecule has 0 aromatic heterocycles. The number of amides is 2. The first kappa shape index (κ1) is 94.6. The summed E-state index contributed by atoms with van der Waals surface area (Å²) >= 11 is 32.6. The molecule has 0 fully saturated rings. The molecule has 24 nitrogen and oxygen atoms in total. The Balaban J connectivity index is 0.622. The van der Waals surface area contributed by atoms with Gasteiger partial charge in [-0.25, -0.2) is 44.2 Å². The number of Topliss-reactive ketones (excluding diaryl/α,β-unsaturated/α-hetero) is 2. The molecule has 9 rings (SSSR count). The summed E-state index contributed by atoms with van der Waals surface area (Å²) in [4.78, 5) is 45.9. The lowest BCUT2D eigenvalue weighted by Crippen LogP contribution is -2.47. The summed E-state index contributed by atoms with van der Waals surface area (Å²) in [7, 11) is -3.25. The Bertz CT molecular complexity index is 4130. The van der Waals surface area contributed by atoms with Crippen molar-refractivity contribution in [3.8, 4) is 0 Å². The Labute approximate surface area is 711 Å². The second kappa shape index (κ2) is 47.2. The van der Waals surface area contributed by atoms with Gasteiger partial charge in [0.25, 0.3) is 0 Å². The Morgan fingerprint density at radius 2 is 0.724 bits per heavy atom. The van der Waals surface area contributed by atoms with E-state index < -0.39 is 30.1 Å². The molecular formula is C84H115Cl5N9O15S3+. The molecule has 2 amide bonds. The highest BCUT2D eigenvalue weighted by molar-refractivity contribution is 7.90. The van der Waals surface area contributed by atoms with E-state index in [1.54, 1.807) is 66.7 Å². The average molecular weight is 1760 g/mol. The quantitative estimate of drug-likeness (QED) is 0.0175. The number of aryl methyl sites for hydroxylation is 1. The van der Waals surface area contributed by atoms with Gasteiger partial charge in [-0.1, -0.05) is 100 Å². The summed E-state index contributed by atoms with van der Waals surface area (Å²) in [6.07, 6.45) is 6.58. The molecule has 6 aromatic rings. The zero-order chi connectivity index (χ0) is 83.3. The fourth-order valence-electron chi connectivity index (χ4n) is 15.1. The van der Waals surface area contributed by atoms with Gasteiger partial charge in [0.2, 0.25) is 30.1 Å². The number of carbonyl (C=O) groups is 3. The van der Waals surface area contributed by atoms with Gasteiger partial charge in [-0.3, -0.25) is 9.59 Å². The van der Waals surface area contributed by atoms with Gasteiger partial charge in [-0.2, -0.15) is 0 Å². The number of hydrogen-bond acceptors (Lipinski definition) is 18. The van der Waals surface area contributed by atoms with Gasteiger partial charge in [0.15, 0.2) is 0 Å². The van der Waals surface area contributed by atoms with Gasteiger partial charge in [-0.05, 0) is 189 Å². The third-order valence-corrected chi connectivity index (χ3v) is 26.9. The summed E-state index contributed by atoms with van der Waals surface area (Å²) in [5.74, 6) is 0.0647. The first-order chi connectivity index (χ1) is 55.6. The van der Waals surface area contributed by atoms with Crippen molar-refractivity contribution in [3.05, 3.63) is 190 Å². The number of quaternary nitrogens is 1. The van der Waals surface area contributed by atoms with Crippen molar-refractivity contribution in [2.24, 2.45) is 0 Å². The maximum absolute atomic E-state index is 13.4. The van der Waals surface area contributed by atoms with Crippen molar-refractivity contribution < 1.29 is 72.5 Å². The number of nitrogens with zero attached hydrogens (tertiary/aromatic N) is 4. The van der Waals surface area contributed by atoms with E-state index in [9.17, 15) is 39.6 Å². The maximum Gasteiger partial charge on any atom is 0.314 e. The van der Waals surface area contributed by atoms with Crippen LogP contribution >= 0.6 is 58.0 Å². The van der Waals surface area contributed by atoms with Crippen LogP contribution in [0.4, 0.5) is 4.79 Å². The van der Waals surface area contributed by atoms with Gasteiger partial charge in [0.1, 0.15) is 11.6 Å². The van der Waals surface area contributed by atoms with Crippen LogP contribution < -0.4 is 24.8 Å². The molecule has 3 aliphatic heterocycles. The summed E-state index contributed by atoms with van der Waals surface area (Å²) in [6, 6.07) is 32.0. The number of carbonyl (C=O) groups excluding carboxylic acids is 3. The van der Waals surface area contributed by atoms with E-state index in [0.29, 0.717) is 129 Å².